The van der Waals surface area contributed by atoms with Crippen molar-refractivity contribution in [2.75, 3.05) is 5.32 Å². The summed E-state index contributed by atoms with van der Waals surface area (Å²) in [6.45, 7) is 3.96. The normalized spacial score (nSPS) is 21.9. The van der Waals surface area contributed by atoms with Crippen LogP contribution in [0.15, 0.2) is 16.6 Å². The number of carbonyl (C=O) groups excluding carboxylic acids is 1. The van der Waals surface area contributed by atoms with Crippen molar-refractivity contribution in [3.63, 3.8) is 0 Å². The fraction of sp³-hybridized carbons (Fsp3) is 0.500. The van der Waals surface area contributed by atoms with E-state index in [2.05, 4.69) is 21.2 Å². The summed E-state index contributed by atoms with van der Waals surface area (Å²) in [5, 5.41) is 12.0. The summed E-state index contributed by atoms with van der Waals surface area (Å²) < 4.78 is 1.05. The number of aliphatic carboxylic acids is 1. The third kappa shape index (κ3) is 3.84. The number of carboxylic acid groups (broad SMARTS) is 1. The molecular weight excluding hydrogens is 334 g/mol. The lowest BCUT2D eigenvalue weighted by Gasteiger charge is -2.25. The first-order valence-electron chi connectivity index (χ1n) is 7.19. The second kappa shape index (κ2) is 6.60. The molecule has 0 aliphatic heterocycles. The van der Waals surface area contributed by atoms with Gasteiger partial charge in [-0.05, 0) is 56.4 Å². The van der Waals surface area contributed by atoms with Crippen LogP contribution in [0.1, 0.15) is 36.8 Å². The zero-order chi connectivity index (χ0) is 15.6. The smallest absolute Gasteiger partial charge is 0.306 e. The van der Waals surface area contributed by atoms with Crippen LogP contribution >= 0.6 is 15.9 Å². The monoisotopic (exact) mass is 353 g/mol. The van der Waals surface area contributed by atoms with Crippen molar-refractivity contribution in [3.05, 3.63) is 27.7 Å². The van der Waals surface area contributed by atoms with Gasteiger partial charge in [-0.15, -0.1) is 0 Å². The highest BCUT2D eigenvalue weighted by Crippen LogP contribution is 2.31. The maximum Gasteiger partial charge on any atom is 0.306 e. The number of carboxylic acids is 1. The molecule has 1 saturated carbocycles. The summed E-state index contributed by atoms with van der Waals surface area (Å²) in [5.74, 6) is -1.45. The van der Waals surface area contributed by atoms with Crippen molar-refractivity contribution in [1.29, 1.82) is 0 Å². The number of aryl methyl sites for hydroxylation is 2. The average Bonchev–Trinajstić information content (AvgIpc) is 2.44. The molecule has 0 aromatic heterocycles. The molecule has 2 N–H and O–H groups in total. The van der Waals surface area contributed by atoms with Crippen LogP contribution in [-0.4, -0.2) is 17.0 Å². The number of hydrogen-bond acceptors (Lipinski definition) is 2. The summed E-state index contributed by atoms with van der Waals surface area (Å²) >= 11 is 3.50. The molecule has 1 aliphatic rings. The molecule has 114 valence electrons. The fourth-order valence-corrected chi connectivity index (χ4v) is 3.14. The van der Waals surface area contributed by atoms with Crippen LogP contribution in [-0.2, 0) is 9.59 Å². The second-order valence-electron chi connectivity index (χ2n) is 5.81. The number of anilines is 1. The highest BCUT2D eigenvalue weighted by Gasteiger charge is 2.31. The standard InChI is InChI=1S/C16H20BrNO3/c1-9-6-13(7-10(2)14(9)17)18-15(19)11-4-3-5-12(8-11)16(20)21/h6-7,11-12H,3-5,8H2,1-2H3,(H,18,19)(H,20,21). The molecule has 4 nitrogen and oxygen atoms in total. The summed E-state index contributed by atoms with van der Waals surface area (Å²) in [4.78, 5) is 23.4. The molecule has 21 heavy (non-hydrogen) atoms. The largest absolute Gasteiger partial charge is 0.481 e. The first-order chi connectivity index (χ1) is 9.88. The summed E-state index contributed by atoms with van der Waals surface area (Å²) in [5.41, 5.74) is 2.91. The third-order valence-electron chi connectivity index (χ3n) is 4.10. The zero-order valence-electron chi connectivity index (χ0n) is 12.3. The average molecular weight is 354 g/mol. The van der Waals surface area contributed by atoms with Gasteiger partial charge in [0.2, 0.25) is 5.91 Å². The van der Waals surface area contributed by atoms with Gasteiger partial charge < -0.3 is 10.4 Å². The molecule has 0 bridgehead atoms. The van der Waals surface area contributed by atoms with Gasteiger partial charge in [0.1, 0.15) is 0 Å². The van der Waals surface area contributed by atoms with Crippen molar-refractivity contribution in [2.24, 2.45) is 11.8 Å². The van der Waals surface area contributed by atoms with Gasteiger partial charge in [0.05, 0.1) is 5.92 Å². The molecule has 1 aromatic rings. The van der Waals surface area contributed by atoms with Gasteiger partial charge in [-0.1, -0.05) is 22.4 Å². The Morgan fingerprint density at radius 3 is 2.33 bits per heavy atom. The predicted molar refractivity (Wildman–Crippen MR) is 85.3 cm³/mol. The minimum absolute atomic E-state index is 0.0675. The van der Waals surface area contributed by atoms with Crippen molar-refractivity contribution in [3.8, 4) is 0 Å². The zero-order valence-corrected chi connectivity index (χ0v) is 13.9. The number of carbonyl (C=O) groups is 2. The number of nitrogens with one attached hydrogen (secondary N) is 1. The Bertz CT molecular complexity index is 548. The molecule has 1 amide bonds. The fourth-order valence-electron chi connectivity index (χ4n) is 2.91. The summed E-state index contributed by atoms with van der Waals surface area (Å²) in [6.07, 6.45) is 2.68. The molecule has 2 atom stereocenters. The van der Waals surface area contributed by atoms with E-state index >= 15 is 0 Å². The van der Waals surface area contributed by atoms with Gasteiger partial charge in [-0.3, -0.25) is 9.59 Å². The van der Waals surface area contributed by atoms with Gasteiger partial charge in [0, 0.05) is 16.1 Å². The van der Waals surface area contributed by atoms with E-state index in [-0.39, 0.29) is 17.7 Å². The lowest BCUT2D eigenvalue weighted by atomic mass is 9.81. The number of hydrogen-bond donors (Lipinski definition) is 2. The molecule has 0 radical (unpaired) electrons. The van der Waals surface area contributed by atoms with Gasteiger partial charge in [-0.2, -0.15) is 0 Å². The number of halogens is 1. The topological polar surface area (TPSA) is 66.4 Å². The number of rotatable bonds is 3. The van der Waals surface area contributed by atoms with Crippen molar-refractivity contribution in [1.82, 2.24) is 0 Å². The van der Waals surface area contributed by atoms with Crippen molar-refractivity contribution >= 4 is 33.5 Å². The minimum atomic E-state index is -0.789. The number of amides is 1. The molecule has 1 aliphatic carbocycles. The molecule has 0 heterocycles. The molecule has 5 heteroatoms. The van der Waals surface area contributed by atoms with Crippen molar-refractivity contribution < 1.29 is 14.7 Å². The summed E-state index contributed by atoms with van der Waals surface area (Å²) in [7, 11) is 0. The van der Waals surface area contributed by atoms with Crippen LogP contribution in [0.5, 0.6) is 0 Å². The predicted octanol–water partition coefficient (Wildman–Crippen LogP) is 3.90. The van der Waals surface area contributed by atoms with E-state index in [1.54, 1.807) is 0 Å². The van der Waals surface area contributed by atoms with Gasteiger partial charge in [0.25, 0.3) is 0 Å². The lowest BCUT2D eigenvalue weighted by Crippen LogP contribution is -2.30. The van der Waals surface area contributed by atoms with Crippen molar-refractivity contribution in [2.45, 2.75) is 39.5 Å². The van der Waals surface area contributed by atoms with E-state index in [9.17, 15) is 9.59 Å². The Morgan fingerprint density at radius 1 is 1.19 bits per heavy atom. The van der Waals surface area contributed by atoms with E-state index in [0.29, 0.717) is 12.8 Å². The van der Waals surface area contributed by atoms with Crippen LogP contribution in [0.25, 0.3) is 0 Å². The molecule has 0 saturated heterocycles. The Morgan fingerprint density at radius 2 is 1.76 bits per heavy atom. The molecule has 2 rings (SSSR count). The van der Waals surface area contributed by atoms with E-state index in [1.165, 1.54) is 0 Å². The van der Waals surface area contributed by atoms with Crippen LogP contribution in [0.2, 0.25) is 0 Å². The SMILES string of the molecule is Cc1cc(NC(=O)C2CCCC(C(=O)O)C2)cc(C)c1Br. The molecule has 2 unspecified atom stereocenters. The first-order valence-corrected chi connectivity index (χ1v) is 7.98. The Hall–Kier alpha value is -1.36. The molecule has 1 fully saturated rings. The summed E-state index contributed by atoms with van der Waals surface area (Å²) in [6, 6.07) is 3.85. The minimum Gasteiger partial charge on any atom is -0.481 e. The van der Waals surface area contributed by atoms with Crippen LogP contribution in [0, 0.1) is 25.7 Å². The Balaban J connectivity index is 2.06. The van der Waals surface area contributed by atoms with E-state index < -0.39 is 5.97 Å². The first kappa shape index (κ1) is 16.0. The maximum absolute atomic E-state index is 12.3. The van der Waals surface area contributed by atoms with Gasteiger partial charge >= 0.3 is 5.97 Å². The highest BCUT2D eigenvalue weighted by atomic mass is 79.9. The highest BCUT2D eigenvalue weighted by molar-refractivity contribution is 9.10. The van der Waals surface area contributed by atoms with Crippen LogP contribution in [0.3, 0.4) is 0 Å². The van der Waals surface area contributed by atoms with E-state index in [0.717, 1.165) is 34.1 Å². The third-order valence-corrected chi connectivity index (χ3v) is 5.35. The Kier molecular flexibility index (Phi) is 5.04. The van der Waals surface area contributed by atoms with Gasteiger partial charge in [-0.25, -0.2) is 0 Å². The van der Waals surface area contributed by atoms with Gasteiger partial charge in [0.15, 0.2) is 0 Å². The molecular formula is C16H20BrNO3. The maximum atomic E-state index is 12.3. The molecule has 1 aromatic carbocycles. The van der Waals surface area contributed by atoms with E-state index in [1.807, 2.05) is 26.0 Å². The quantitative estimate of drug-likeness (QED) is 0.865. The lowest BCUT2D eigenvalue weighted by molar-refractivity contribution is -0.143. The number of benzene rings is 1. The Labute approximate surface area is 133 Å². The van der Waals surface area contributed by atoms with Crippen LogP contribution < -0.4 is 5.32 Å². The second-order valence-corrected chi connectivity index (χ2v) is 6.60. The van der Waals surface area contributed by atoms with Crippen LogP contribution in [0.4, 0.5) is 5.69 Å². The van der Waals surface area contributed by atoms with E-state index in [4.69, 9.17) is 5.11 Å². The molecule has 0 spiro atoms.